The number of nitrogens with one attached hydrogen (secondary N) is 1. The Labute approximate surface area is 125 Å². The molecule has 0 aromatic carbocycles. The van der Waals surface area contributed by atoms with E-state index in [0.717, 1.165) is 32.1 Å². The largest absolute Gasteiger partial charge is 0.481 e. The van der Waals surface area contributed by atoms with Crippen LogP contribution in [-0.2, 0) is 9.53 Å². The Hall–Kier alpha value is -1.30. The van der Waals surface area contributed by atoms with Crippen molar-refractivity contribution in [2.75, 3.05) is 13.2 Å². The van der Waals surface area contributed by atoms with Gasteiger partial charge in [-0.05, 0) is 19.3 Å². The van der Waals surface area contributed by atoms with Crippen LogP contribution in [0.3, 0.4) is 0 Å². The van der Waals surface area contributed by atoms with Crippen LogP contribution in [0.2, 0.25) is 0 Å². The van der Waals surface area contributed by atoms with Gasteiger partial charge in [0.2, 0.25) is 0 Å². The van der Waals surface area contributed by atoms with E-state index in [4.69, 9.17) is 9.84 Å². The number of fused-ring (bicyclic) bond motifs is 1. The molecule has 120 valence electrons. The number of urea groups is 1. The number of ether oxygens (including phenoxy) is 1. The minimum absolute atomic E-state index is 0.0159. The summed E-state index contributed by atoms with van der Waals surface area (Å²) in [6.07, 6.45) is 5.97. The lowest BCUT2D eigenvalue weighted by Gasteiger charge is -2.44. The van der Waals surface area contributed by atoms with Crippen LogP contribution in [0, 0.1) is 0 Å². The predicted octanol–water partition coefficient (Wildman–Crippen LogP) is 1.98. The van der Waals surface area contributed by atoms with Gasteiger partial charge in [0, 0.05) is 12.6 Å². The zero-order valence-electron chi connectivity index (χ0n) is 12.7. The molecular formula is C15H26N2O4. The Balaban J connectivity index is 1.95. The molecule has 2 fully saturated rings. The van der Waals surface area contributed by atoms with Crippen molar-refractivity contribution >= 4 is 12.0 Å². The van der Waals surface area contributed by atoms with Crippen molar-refractivity contribution in [3.8, 4) is 0 Å². The summed E-state index contributed by atoms with van der Waals surface area (Å²) in [5, 5.41) is 11.8. The zero-order valence-corrected chi connectivity index (χ0v) is 12.7. The number of rotatable bonds is 5. The first-order valence-corrected chi connectivity index (χ1v) is 8.02. The third kappa shape index (κ3) is 4.33. The van der Waals surface area contributed by atoms with Crippen molar-refractivity contribution in [3.05, 3.63) is 0 Å². The van der Waals surface area contributed by atoms with Gasteiger partial charge in [0.1, 0.15) is 0 Å². The lowest BCUT2D eigenvalue weighted by atomic mass is 9.90. The van der Waals surface area contributed by atoms with E-state index in [2.05, 4.69) is 5.32 Å². The standard InChI is InChI=1S/C15H26N2O4/c1-2-5-11(10-14(18)19)16-15(20)17-8-9-21-13-7-4-3-6-12(13)17/h11-13H,2-10H2,1H3,(H,16,20)(H,18,19). The highest BCUT2D eigenvalue weighted by molar-refractivity contribution is 5.76. The highest BCUT2D eigenvalue weighted by Gasteiger charge is 2.37. The molecule has 6 nitrogen and oxygen atoms in total. The van der Waals surface area contributed by atoms with Crippen LogP contribution in [0.15, 0.2) is 0 Å². The molecule has 0 aromatic heterocycles. The van der Waals surface area contributed by atoms with Gasteiger partial charge < -0.3 is 20.1 Å². The normalized spacial score (nSPS) is 26.8. The first-order chi connectivity index (χ1) is 10.1. The number of nitrogens with zero attached hydrogens (tertiary/aromatic N) is 1. The molecule has 1 saturated heterocycles. The van der Waals surface area contributed by atoms with Crippen LogP contribution in [-0.4, -0.2) is 53.3 Å². The topological polar surface area (TPSA) is 78.9 Å². The highest BCUT2D eigenvalue weighted by atomic mass is 16.5. The van der Waals surface area contributed by atoms with E-state index in [1.165, 1.54) is 0 Å². The van der Waals surface area contributed by atoms with Gasteiger partial charge in [0.15, 0.2) is 0 Å². The maximum Gasteiger partial charge on any atom is 0.318 e. The molecule has 0 bridgehead atoms. The van der Waals surface area contributed by atoms with Crippen LogP contribution in [0.4, 0.5) is 4.79 Å². The fourth-order valence-corrected chi connectivity index (χ4v) is 3.39. The highest BCUT2D eigenvalue weighted by Crippen LogP contribution is 2.28. The first kappa shape index (κ1) is 16.1. The molecule has 1 saturated carbocycles. The third-order valence-corrected chi connectivity index (χ3v) is 4.38. The third-order valence-electron chi connectivity index (χ3n) is 4.38. The van der Waals surface area contributed by atoms with Gasteiger partial charge in [-0.2, -0.15) is 0 Å². The van der Waals surface area contributed by atoms with Crippen molar-refractivity contribution in [3.63, 3.8) is 0 Å². The van der Waals surface area contributed by atoms with Crippen LogP contribution < -0.4 is 5.32 Å². The van der Waals surface area contributed by atoms with Gasteiger partial charge >= 0.3 is 12.0 Å². The summed E-state index contributed by atoms with van der Waals surface area (Å²) >= 11 is 0. The zero-order chi connectivity index (χ0) is 15.2. The van der Waals surface area contributed by atoms with Gasteiger partial charge in [-0.1, -0.05) is 26.2 Å². The van der Waals surface area contributed by atoms with E-state index in [0.29, 0.717) is 19.6 Å². The monoisotopic (exact) mass is 298 g/mol. The SMILES string of the molecule is CCCC(CC(=O)O)NC(=O)N1CCOC2CCCCC21. The van der Waals surface area contributed by atoms with Crippen LogP contribution in [0.25, 0.3) is 0 Å². The number of hydrogen-bond donors (Lipinski definition) is 2. The van der Waals surface area contributed by atoms with Crippen LogP contribution in [0.5, 0.6) is 0 Å². The average Bonchev–Trinajstić information content (AvgIpc) is 2.46. The second-order valence-corrected chi connectivity index (χ2v) is 5.99. The van der Waals surface area contributed by atoms with Gasteiger partial charge in [0.05, 0.1) is 25.2 Å². The summed E-state index contributed by atoms with van der Waals surface area (Å²) < 4.78 is 5.76. The van der Waals surface area contributed by atoms with E-state index in [9.17, 15) is 9.59 Å². The number of aliphatic carboxylic acids is 1. The molecule has 1 aliphatic heterocycles. The van der Waals surface area contributed by atoms with Gasteiger partial charge in [-0.25, -0.2) is 4.79 Å². The molecule has 0 spiro atoms. The van der Waals surface area contributed by atoms with Crippen molar-refractivity contribution in [2.24, 2.45) is 0 Å². The van der Waals surface area contributed by atoms with E-state index >= 15 is 0 Å². The molecule has 1 aliphatic carbocycles. The summed E-state index contributed by atoms with van der Waals surface area (Å²) in [6.45, 7) is 3.16. The van der Waals surface area contributed by atoms with Crippen molar-refractivity contribution in [2.45, 2.75) is 70.1 Å². The second kappa shape index (κ2) is 7.64. The molecule has 0 radical (unpaired) electrons. The maximum atomic E-state index is 12.5. The van der Waals surface area contributed by atoms with Gasteiger partial charge in [0.25, 0.3) is 0 Å². The molecule has 1 heterocycles. The average molecular weight is 298 g/mol. The number of carboxylic acids is 1. The number of carboxylic acid groups (broad SMARTS) is 1. The Bertz CT molecular complexity index is 373. The Morgan fingerprint density at radius 1 is 1.38 bits per heavy atom. The molecular weight excluding hydrogens is 272 g/mol. The maximum absolute atomic E-state index is 12.5. The molecule has 0 aromatic rings. The lowest BCUT2D eigenvalue weighted by molar-refractivity contribution is -0.137. The fourth-order valence-electron chi connectivity index (χ4n) is 3.39. The van der Waals surface area contributed by atoms with Crippen LogP contribution >= 0.6 is 0 Å². The lowest BCUT2D eigenvalue weighted by Crippen LogP contribution is -2.58. The number of carbonyl (C=O) groups excluding carboxylic acids is 1. The molecule has 2 amide bonds. The quantitative estimate of drug-likeness (QED) is 0.813. The molecule has 2 N–H and O–H groups in total. The molecule has 2 rings (SSSR count). The van der Waals surface area contributed by atoms with Crippen LogP contribution in [0.1, 0.15) is 51.9 Å². The number of morpholine rings is 1. The first-order valence-electron chi connectivity index (χ1n) is 8.02. The van der Waals surface area contributed by atoms with Gasteiger partial charge in [-0.3, -0.25) is 4.79 Å². The summed E-state index contributed by atoms with van der Waals surface area (Å²) in [6, 6.07) is -0.264. The molecule has 3 unspecified atom stereocenters. The molecule has 21 heavy (non-hydrogen) atoms. The smallest absolute Gasteiger partial charge is 0.318 e. The molecule has 2 aliphatic rings. The van der Waals surface area contributed by atoms with E-state index in [-0.39, 0.29) is 30.6 Å². The van der Waals surface area contributed by atoms with Gasteiger partial charge in [-0.15, -0.1) is 0 Å². The summed E-state index contributed by atoms with van der Waals surface area (Å²) in [5.74, 6) is -0.869. The molecule has 3 atom stereocenters. The number of carbonyl (C=O) groups is 2. The summed E-state index contributed by atoms with van der Waals surface area (Å²) in [7, 11) is 0. The summed E-state index contributed by atoms with van der Waals surface area (Å²) in [5.41, 5.74) is 0. The predicted molar refractivity (Wildman–Crippen MR) is 78.2 cm³/mol. The minimum Gasteiger partial charge on any atom is -0.481 e. The Morgan fingerprint density at radius 3 is 2.86 bits per heavy atom. The Morgan fingerprint density at radius 2 is 2.14 bits per heavy atom. The second-order valence-electron chi connectivity index (χ2n) is 5.99. The molecule has 6 heteroatoms. The van der Waals surface area contributed by atoms with E-state index < -0.39 is 5.97 Å². The fraction of sp³-hybridized carbons (Fsp3) is 0.867. The van der Waals surface area contributed by atoms with Crippen molar-refractivity contribution in [1.82, 2.24) is 10.2 Å². The van der Waals surface area contributed by atoms with E-state index in [1.807, 2.05) is 11.8 Å². The number of amides is 2. The minimum atomic E-state index is -0.869. The van der Waals surface area contributed by atoms with Crippen molar-refractivity contribution < 1.29 is 19.4 Å². The number of hydrogen-bond acceptors (Lipinski definition) is 3. The van der Waals surface area contributed by atoms with Crippen molar-refractivity contribution in [1.29, 1.82) is 0 Å². The Kier molecular flexibility index (Phi) is 5.85. The van der Waals surface area contributed by atoms with E-state index in [1.54, 1.807) is 0 Å². The summed E-state index contributed by atoms with van der Waals surface area (Å²) in [4.78, 5) is 25.2.